The Morgan fingerprint density at radius 1 is 1.19 bits per heavy atom. The minimum atomic E-state index is -3.80. The predicted molar refractivity (Wildman–Crippen MR) is 96.8 cm³/mol. The summed E-state index contributed by atoms with van der Waals surface area (Å²) in [7, 11) is -3.80. The van der Waals surface area contributed by atoms with Crippen molar-refractivity contribution in [2.45, 2.75) is 49.6 Å². The molecule has 0 bridgehead atoms. The van der Waals surface area contributed by atoms with Gasteiger partial charge in [-0.25, -0.2) is 8.42 Å². The Hall–Kier alpha value is -2.13. The zero-order valence-corrected chi connectivity index (χ0v) is 15.9. The summed E-state index contributed by atoms with van der Waals surface area (Å²) in [5.74, 6) is -1.47. The van der Waals surface area contributed by atoms with Crippen LogP contribution in [0.25, 0.3) is 0 Å². The van der Waals surface area contributed by atoms with Crippen molar-refractivity contribution in [3.8, 4) is 5.75 Å². The standard InChI is InChI=1S/C18H24N2O6S/c1-12-2-3-13(18(22)23)10-20(12)27(24,25)16-8-6-15(7-9-16)26-11-17(21)19-14-4-5-14/h6-9,12-14H,2-5,10-11H2,1H3,(H,19,21)(H,22,23). The van der Waals surface area contributed by atoms with Gasteiger partial charge in [-0.1, -0.05) is 0 Å². The minimum absolute atomic E-state index is 0.0293. The van der Waals surface area contributed by atoms with E-state index in [9.17, 15) is 23.1 Å². The van der Waals surface area contributed by atoms with Gasteiger partial charge in [-0.15, -0.1) is 0 Å². The zero-order valence-electron chi connectivity index (χ0n) is 15.1. The lowest BCUT2D eigenvalue weighted by atomic mass is 9.96. The fourth-order valence-electron chi connectivity index (χ4n) is 3.10. The number of carbonyl (C=O) groups is 2. The van der Waals surface area contributed by atoms with E-state index >= 15 is 0 Å². The van der Waals surface area contributed by atoms with E-state index in [-0.39, 0.29) is 36.0 Å². The molecule has 1 aliphatic heterocycles. The summed E-state index contributed by atoms with van der Waals surface area (Å²) >= 11 is 0. The normalized spacial score (nSPS) is 23.6. The van der Waals surface area contributed by atoms with Gasteiger partial charge < -0.3 is 15.2 Å². The van der Waals surface area contributed by atoms with Crippen LogP contribution in [0, 0.1) is 5.92 Å². The van der Waals surface area contributed by atoms with Gasteiger partial charge in [-0.05, 0) is 56.9 Å². The first kappa shape index (κ1) is 19.6. The quantitative estimate of drug-likeness (QED) is 0.716. The number of nitrogens with one attached hydrogen (secondary N) is 1. The highest BCUT2D eigenvalue weighted by molar-refractivity contribution is 7.89. The minimum Gasteiger partial charge on any atom is -0.484 e. The molecule has 148 valence electrons. The monoisotopic (exact) mass is 396 g/mol. The van der Waals surface area contributed by atoms with Crippen LogP contribution in [0.15, 0.2) is 29.2 Å². The predicted octanol–water partition coefficient (Wildman–Crippen LogP) is 1.22. The van der Waals surface area contributed by atoms with Gasteiger partial charge >= 0.3 is 5.97 Å². The summed E-state index contributed by atoms with van der Waals surface area (Å²) in [6.07, 6.45) is 2.97. The van der Waals surface area contributed by atoms with Gasteiger partial charge in [0.05, 0.1) is 10.8 Å². The average Bonchev–Trinajstić information content (AvgIpc) is 3.44. The van der Waals surface area contributed by atoms with Crippen molar-refractivity contribution in [1.29, 1.82) is 0 Å². The third-order valence-corrected chi connectivity index (χ3v) is 6.91. The lowest BCUT2D eigenvalue weighted by Crippen LogP contribution is -2.47. The van der Waals surface area contributed by atoms with Gasteiger partial charge in [0.25, 0.3) is 5.91 Å². The van der Waals surface area contributed by atoms with Crippen LogP contribution >= 0.6 is 0 Å². The molecule has 9 heteroatoms. The van der Waals surface area contributed by atoms with Crippen LogP contribution in [0.5, 0.6) is 5.75 Å². The first-order valence-electron chi connectivity index (χ1n) is 9.04. The highest BCUT2D eigenvalue weighted by atomic mass is 32.2. The van der Waals surface area contributed by atoms with Crippen molar-refractivity contribution in [3.63, 3.8) is 0 Å². The van der Waals surface area contributed by atoms with E-state index in [1.54, 1.807) is 6.92 Å². The molecule has 1 aromatic carbocycles. The Balaban J connectivity index is 1.65. The van der Waals surface area contributed by atoms with Gasteiger partial charge in [-0.3, -0.25) is 9.59 Å². The van der Waals surface area contributed by atoms with E-state index in [0.29, 0.717) is 18.6 Å². The van der Waals surface area contributed by atoms with Crippen LogP contribution in [-0.2, 0) is 19.6 Å². The number of hydrogen-bond donors (Lipinski definition) is 2. The number of nitrogens with zero attached hydrogens (tertiary/aromatic N) is 1. The fourth-order valence-corrected chi connectivity index (χ4v) is 4.81. The molecule has 8 nitrogen and oxygen atoms in total. The Bertz CT molecular complexity index is 804. The Kier molecular flexibility index (Phi) is 5.71. The van der Waals surface area contributed by atoms with Gasteiger partial charge in [0.1, 0.15) is 5.75 Å². The number of sulfonamides is 1. The van der Waals surface area contributed by atoms with Crippen LogP contribution < -0.4 is 10.1 Å². The number of benzene rings is 1. The summed E-state index contributed by atoms with van der Waals surface area (Å²) in [6.45, 7) is 1.63. The van der Waals surface area contributed by atoms with Gasteiger partial charge in [0.15, 0.2) is 6.61 Å². The fraction of sp³-hybridized carbons (Fsp3) is 0.556. The van der Waals surface area contributed by atoms with Crippen molar-refractivity contribution in [2.24, 2.45) is 5.92 Å². The summed E-state index contributed by atoms with van der Waals surface area (Å²) in [5.41, 5.74) is 0. The Labute approximate surface area is 158 Å². The molecule has 0 radical (unpaired) electrons. The van der Waals surface area contributed by atoms with E-state index in [1.807, 2.05) is 0 Å². The van der Waals surface area contributed by atoms with Gasteiger partial charge in [-0.2, -0.15) is 4.31 Å². The van der Waals surface area contributed by atoms with Crippen molar-refractivity contribution >= 4 is 21.9 Å². The van der Waals surface area contributed by atoms with Crippen LogP contribution in [0.4, 0.5) is 0 Å². The molecule has 2 atom stereocenters. The van der Waals surface area contributed by atoms with Crippen LogP contribution in [0.3, 0.4) is 0 Å². The maximum atomic E-state index is 12.9. The molecule has 1 aliphatic carbocycles. The second-order valence-electron chi connectivity index (χ2n) is 7.14. The van der Waals surface area contributed by atoms with E-state index in [4.69, 9.17) is 4.74 Å². The molecule has 27 heavy (non-hydrogen) atoms. The molecular weight excluding hydrogens is 372 g/mol. The van der Waals surface area contributed by atoms with E-state index in [2.05, 4.69) is 5.32 Å². The van der Waals surface area contributed by atoms with Crippen molar-refractivity contribution in [2.75, 3.05) is 13.2 Å². The van der Waals surface area contributed by atoms with Crippen LogP contribution in [0.2, 0.25) is 0 Å². The molecule has 1 aromatic rings. The van der Waals surface area contributed by atoms with Crippen molar-refractivity contribution in [1.82, 2.24) is 9.62 Å². The molecule has 2 N–H and O–H groups in total. The van der Waals surface area contributed by atoms with Crippen LogP contribution in [-0.4, -0.2) is 54.9 Å². The summed E-state index contributed by atoms with van der Waals surface area (Å²) in [5, 5.41) is 12.0. The van der Waals surface area contributed by atoms with Gasteiger partial charge in [0.2, 0.25) is 10.0 Å². The highest BCUT2D eigenvalue weighted by Crippen LogP contribution is 2.29. The summed E-state index contributed by atoms with van der Waals surface area (Å²) in [6, 6.07) is 5.84. The number of carboxylic acid groups (broad SMARTS) is 1. The number of carboxylic acids is 1. The number of piperidine rings is 1. The number of hydrogen-bond acceptors (Lipinski definition) is 5. The third-order valence-electron chi connectivity index (χ3n) is 4.92. The number of ether oxygens (including phenoxy) is 1. The molecule has 2 aliphatic rings. The molecule has 1 saturated heterocycles. The van der Waals surface area contributed by atoms with E-state index < -0.39 is 21.9 Å². The molecule has 2 fully saturated rings. The van der Waals surface area contributed by atoms with Crippen molar-refractivity contribution < 1.29 is 27.9 Å². The molecule has 2 unspecified atom stereocenters. The largest absolute Gasteiger partial charge is 0.484 e. The molecule has 0 aromatic heterocycles. The number of rotatable bonds is 7. The molecule has 0 spiro atoms. The molecular formula is C18H24N2O6S. The summed E-state index contributed by atoms with van der Waals surface area (Å²) < 4.78 is 32.4. The Morgan fingerprint density at radius 3 is 2.44 bits per heavy atom. The van der Waals surface area contributed by atoms with Gasteiger partial charge in [0, 0.05) is 18.6 Å². The zero-order chi connectivity index (χ0) is 19.6. The van der Waals surface area contributed by atoms with Crippen molar-refractivity contribution in [3.05, 3.63) is 24.3 Å². The molecule has 3 rings (SSSR count). The lowest BCUT2D eigenvalue weighted by Gasteiger charge is -2.35. The third kappa shape index (κ3) is 4.78. The second-order valence-corrected chi connectivity index (χ2v) is 9.03. The molecule has 1 saturated carbocycles. The van der Waals surface area contributed by atoms with E-state index in [1.165, 1.54) is 28.6 Å². The first-order chi connectivity index (χ1) is 12.8. The topological polar surface area (TPSA) is 113 Å². The summed E-state index contributed by atoms with van der Waals surface area (Å²) in [4.78, 5) is 23.0. The number of aliphatic carboxylic acids is 1. The second kappa shape index (κ2) is 7.85. The lowest BCUT2D eigenvalue weighted by molar-refractivity contribution is -0.143. The SMILES string of the molecule is CC1CCC(C(=O)O)CN1S(=O)(=O)c1ccc(OCC(=O)NC2CC2)cc1. The smallest absolute Gasteiger partial charge is 0.307 e. The average molecular weight is 396 g/mol. The number of carbonyl (C=O) groups excluding carboxylic acids is 1. The molecule has 1 heterocycles. The highest BCUT2D eigenvalue weighted by Gasteiger charge is 2.37. The molecule has 1 amide bonds. The van der Waals surface area contributed by atoms with Crippen LogP contribution in [0.1, 0.15) is 32.6 Å². The number of amides is 1. The maximum Gasteiger partial charge on any atom is 0.307 e. The Morgan fingerprint density at radius 2 is 1.85 bits per heavy atom. The maximum absolute atomic E-state index is 12.9. The van der Waals surface area contributed by atoms with E-state index in [0.717, 1.165) is 12.8 Å². The first-order valence-corrected chi connectivity index (χ1v) is 10.5.